The van der Waals surface area contributed by atoms with Crippen LogP contribution in [0.5, 0.6) is 5.75 Å². The Labute approximate surface area is 90.8 Å². The Morgan fingerprint density at radius 1 is 1.47 bits per heavy atom. The highest BCUT2D eigenvalue weighted by Crippen LogP contribution is 2.33. The minimum Gasteiger partial charge on any atom is -0.489 e. The molecule has 0 saturated carbocycles. The van der Waals surface area contributed by atoms with Gasteiger partial charge in [-0.25, -0.2) is 0 Å². The van der Waals surface area contributed by atoms with Crippen molar-refractivity contribution in [3.8, 4) is 5.75 Å². The van der Waals surface area contributed by atoms with Crippen molar-refractivity contribution in [3.05, 3.63) is 18.2 Å². The van der Waals surface area contributed by atoms with Gasteiger partial charge in [-0.05, 0) is 18.1 Å². The topological polar surface area (TPSA) is 38.5 Å². The van der Waals surface area contributed by atoms with Gasteiger partial charge in [0.1, 0.15) is 12.4 Å². The molecule has 1 aliphatic heterocycles. The van der Waals surface area contributed by atoms with E-state index in [0.29, 0.717) is 5.92 Å². The van der Waals surface area contributed by atoms with E-state index in [1.165, 1.54) is 5.69 Å². The molecule has 0 fully saturated rings. The summed E-state index contributed by atoms with van der Waals surface area (Å²) in [7, 11) is 0. The number of ether oxygens (including phenoxy) is 1. The maximum atomic E-state index is 5.73. The smallest absolute Gasteiger partial charge is 0.144 e. The van der Waals surface area contributed by atoms with Crippen LogP contribution >= 0.6 is 0 Å². The molecule has 0 aromatic heterocycles. The number of nitrogens with two attached hydrogens (primary N) is 1. The lowest BCUT2D eigenvalue weighted by Gasteiger charge is -2.32. The Morgan fingerprint density at radius 2 is 2.27 bits per heavy atom. The van der Waals surface area contributed by atoms with Crippen LogP contribution in [0.3, 0.4) is 0 Å². The Kier molecular flexibility index (Phi) is 2.71. The first-order valence-electron chi connectivity index (χ1n) is 5.44. The largest absolute Gasteiger partial charge is 0.489 e. The predicted octanol–water partition coefficient (Wildman–Crippen LogP) is 2.12. The minimum absolute atomic E-state index is 0.661. The molecule has 0 amide bonds. The average molecular weight is 206 g/mol. The number of hydrogen-bond acceptors (Lipinski definition) is 3. The third kappa shape index (κ3) is 2.17. The normalized spacial score (nSPS) is 15.0. The number of nitrogens with zero attached hydrogens (tertiary/aromatic N) is 1. The van der Waals surface area contributed by atoms with Crippen molar-refractivity contribution in [2.24, 2.45) is 5.92 Å². The fraction of sp³-hybridized carbons (Fsp3) is 0.500. The monoisotopic (exact) mass is 206 g/mol. The van der Waals surface area contributed by atoms with Crippen molar-refractivity contribution in [2.45, 2.75) is 13.8 Å². The molecule has 1 aromatic carbocycles. The number of anilines is 2. The highest BCUT2D eigenvalue weighted by Gasteiger charge is 2.18. The van der Waals surface area contributed by atoms with Crippen molar-refractivity contribution in [1.29, 1.82) is 0 Å². The van der Waals surface area contributed by atoms with E-state index in [1.54, 1.807) is 0 Å². The minimum atomic E-state index is 0.661. The van der Waals surface area contributed by atoms with Crippen molar-refractivity contribution >= 4 is 11.4 Å². The van der Waals surface area contributed by atoms with Crippen LogP contribution in [0.1, 0.15) is 13.8 Å². The van der Waals surface area contributed by atoms with Gasteiger partial charge in [-0.3, -0.25) is 0 Å². The molecule has 0 radical (unpaired) electrons. The van der Waals surface area contributed by atoms with Gasteiger partial charge in [0, 0.05) is 18.3 Å². The molecule has 1 aromatic rings. The molecule has 1 heterocycles. The molecule has 2 rings (SSSR count). The van der Waals surface area contributed by atoms with Gasteiger partial charge in [0.15, 0.2) is 0 Å². The number of benzene rings is 1. The summed E-state index contributed by atoms with van der Waals surface area (Å²) in [6, 6.07) is 5.88. The standard InChI is InChI=1S/C12H18N2O/c1-9(2)8-14-5-6-15-12-7-10(13)3-4-11(12)14/h3-4,7,9H,5-6,8,13H2,1-2H3. The lowest BCUT2D eigenvalue weighted by atomic mass is 10.1. The third-order valence-electron chi connectivity index (χ3n) is 2.53. The van der Waals surface area contributed by atoms with Crippen LogP contribution in [0.25, 0.3) is 0 Å². The van der Waals surface area contributed by atoms with Gasteiger partial charge >= 0.3 is 0 Å². The molecule has 0 bridgehead atoms. The fourth-order valence-corrected chi connectivity index (χ4v) is 1.92. The Hall–Kier alpha value is -1.38. The zero-order valence-electron chi connectivity index (χ0n) is 9.36. The number of nitrogen functional groups attached to an aromatic ring is 1. The maximum Gasteiger partial charge on any atom is 0.144 e. The molecule has 0 unspecified atom stereocenters. The van der Waals surface area contributed by atoms with Gasteiger partial charge in [-0.2, -0.15) is 0 Å². The maximum absolute atomic E-state index is 5.73. The van der Waals surface area contributed by atoms with Crippen LogP contribution in [-0.4, -0.2) is 19.7 Å². The summed E-state index contributed by atoms with van der Waals surface area (Å²) in [5.74, 6) is 1.58. The Balaban J connectivity index is 2.26. The number of fused-ring (bicyclic) bond motifs is 1. The van der Waals surface area contributed by atoms with Crippen molar-refractivity contribution in [1.82, 2.24) is 0 Å². The summed E-state index contributed by atoms with van der Waals surface area (Å²) in [5.41, 5.74) is 7.66. The first-order chi connectivity index (χ1) is 7.16. The average Bonchev–Trinajstić information content (AvgIpc) is 2.16. The first-order valence-corrected chi connectivity index (χ1v) is 5.44. The molecular weight excluding hydrogens is 188 g/mol. The van der Waals surface area contributed by atoms with Gasteiger partial charge in [-0.15, -0.1) is 0 Å². The second kappa shape index (κ2) is 4.01. The highest BCUT2D eigenvalue weighted by atomic mass is 16.5. The highest BCUT2D eigenvalue weighted by molar-refractivity contribution is 5.65. The van der Waals surface area contributed by atoms with Crippen LogP contribution in [-0.2, 0) is 0 Å². The number of rotatable bonds is 2. The van der Waals surface area contributed by atoms with Gasteiger partial charge in [0.2, 0.25) is 0 Å². The molecular formula is C12H18N2O. The van der Waals surface area contributed by atoms with Crippen molar-refractivity contribution in [3.63, 3.8) is 0 Å². The van der Waals surface area contributed by atoms with E-state index in [4.69, 9.17) is 10.5 Å². The van der Waals surface area contributed by atoms with Gasteiger partial charge in [-0.1, -0.05) is 13.8 Å². The van der Waals surface area contributed by atoms with Crippen LogP contribution in [0, 0.1) is 5.92 Å². The SMILES string of the molecule is CC(C)CN1CCOc2cc(N)ccc21. The molecule has 3 nitrogen and oxygen atoms in total. The third-order valence-corrected chi connectivity index (χ3v) is 2.53. The van der Waals surface area contributed by atoms with Gasteiger partial charge in [0.25, 0.3) is 0 Å². The molecule has 0 spiro atoms. The Bertz CT molecular complexity index is 349. The van der Waals surface area contributed by atoms with E-state index in [9.17, 15) is 0 Å². The summed E-state index contributed by atoms with van der Waals surface area (Å²) in [5, 5.41) is 0. The summed E-state index contributed by atoms with van der Waals surface area (Å²) in [4.78, 5) is 2.36. The molecule has 0 atom stereocenters. The molecule has 82 valence electrons. The van der Waals surface area contributed by atoms with Crippen molar-refractivity contribution < 1.29 is 4.74 Å². The van der Waals surface area contributed by atoms with Crippen molar-refractivity contribution in [2.75, 3.05) is 30.3 Å². The van der Waals surface area contributed by atoms with E-state index in [1.807, 2.05) is 18.2 Å². The van der Waals surface area contributed by atoms with E-state index < -0.39 is 0 Å². The molecule has 0 aliphatic carbocycles. The van der Waals surface area contributed by atoms with E-state index in [0.717, 1.165) is 31.1 Å². The van der Waals surface area contributed by atoms with Crippen LogP contribution in [0.15, 0.2) is 18.2 Å². The second-order valence-electron chi connectivity index (χ2n) is 4.42. The molecule has 15 heavy (non-hydrogen) atoms. The lowest BCUT2D eigenvalue weighted by Crippen LogP contribution is -2.35. The summed E-state index contributed by atoms with van der Waals surface area (Å²) >= 11 is 0. The summed E-state index contributed by atoms with van der Waals surface area (Å²) in [6.45, 7) is 7.25. The first kappa shape index (κ1) is 10.1. The zero-order valence-corrected chi connectivity index (χ0v) is 9.36. The van der Waals surface area contributed by atoms with E-state index in [2.05, 4.69) is 18.7 Å². The van der Waals surface area contributed by atoms with E-state index in [-0.39, 0.29) is 0 Å². The quantitative estimate of drug-likeness (QED) is 0.753. The molecule has 1 aliphatic rings. The van der Waals surface area contributed by atoms with Crippen LogP contribution in [0.2, 0.25) is 0 Å². The van der Waals surface area contributed by atoms with E-state index >= 15 is 0 Å². The van der Waals surface area contributed by atoms with Crippen LogP contribution < -0.4 is 15.4 Å². The molecule has 3 heteroatoms. The fourth-order valence-electron chi connectivity index (χ4n) is 1.92. The van der Waals surface area contributed by atoms with Gasteiger partial charge < -0.3 is 15.4 Å². The molecule has 0 saturated heterocycles. The second-order valence-corrected chi connectivity index (χ2v) is 4.42. The number of hydrogen-bond donors (Lipinski definition) is 1. The lowest BCUT2D eigenvalue weighted by molar-refractivity contribution is 0.305. The summed E-state index contributed by atoms with van der Waals surface area (Å²) in [6.07, 6.45) is 0. The predicted molar refractivity (Wildman–Crippen MR) is 63.4 cm³/mol. The summed E-state index contributed by atoms with van der Waals surface area (Å²) < 4.78 is 5.59. The van der Waals surface area contributed by atoms with Crippen LogP contribution in [0.4, 0.5) is 11.4 Å². The van der Waals surface area contributed by atoms with Gasteiger partial charge in [0.05, 0.1) is 12.2 Å². The Morgan fingerprint density at radius 3 is 3.00 bits per heavy atom. The molecule has 2 N–H and O–H groups in total. The zero-order chi connectivity index (χ0) is 10.8.